The number of aromatic amines is 1. The first-order chi connectivity index (χ1) is 16.4. The first-order valence-corrected chi connectivity index (χ1v) is 11.2. The van der Waals surface area contributed by atoms with Crippen molar-refractivity contribution in [3.8, 4) is 0 Å². The van der Waals surface area contributed by atoms with E-state index >= 15 is 0 Å². The molecule has 1 N–H and O–H groups in total. The summed E-state index contributed by atoms with van der Waals surface area (Å²) in [6.45, 7) is 1.40. The second kappa shape index (κ2) is 8.65. The Kier molecular flexibility index (Phi) is 5.52. The lowest BCUT2D eigenvalue weighted by molar-refractivity contribution is -0.384. The third-order valence-corrected chi connectivity index (χ3v) is 6.44. The van der Waals surface area contributed by atoms with Crippen LogP contribution in [0.1, 0.15) is 31.7 Å². The van der Waals surface area contributed by atoms with Crippen molar-refractivity contribution in [2.45, 2.75) is 38.3 Å². The van der Waals surface area contributed by atoms with E-state index < -0.39 is 10.7 Å². The minimum absolute atomic E-state index is 0.00112. The van der Waals surface area contributed by atoms with E-state index in [1.807, 2.05) is 24.3 Å². The van der Waals surface area contributed by atoms with Crippen LogP contribution < -0.4 is 11.4 Å². The number of nitro groups is 1. The molecule has 0 spiro atoms. The van der Waals surface area contributed by atoms with Crippen molar-refractivity contribution in [3.05, 3.63) is 73.6 Å². The molecule has 2 aromatic carbocycles. The van der Waals surface area contributed by atoms with Crippen molar-refractivity contribution >= 4 is 33.7 Å². The third kappa shape index (κ3) is 3.89. The molecule has 1 amide bonds. The van der Waals surface area contributed by atoms with Crippen LogP contribution in [0.4, 0.5) is 5.69 Å². The number of para-hydroxylation sites is 2. The molecule has 11 heteroatoms. The van der Waals surface area contributed by atoms with E-state index in [1.54, 1.807) is 9.47 Å². The Balaban J connectivity index is 1.19. The highest BCUT2D eigenvalue weighted by Gasteiger charge is 2.26. The second-order valence-electron chi connectivity index (χ2n) is 8.46. The van der Waals surface area contributed by atoms with Gasteiger partial charge in [-0.15, -0.1) is 0 Å². The van der Waals surface area contributed by atoms with Gasteiger partial charge in [-0.25, -0.2) is 9.59 Å². The molecule has 2 aromatic heterocycles. The average molecular weight is 465 g/mol. The molecule has 0 radical (unpaired) electrons. The minimum Gasteiger partial charge on any atom is -0.407 e. The number of oxazole rings is 1. The van der Waals surface area contributed by atoms with Crippen LogP contribution in [0.5, 0.6) is 0 Å². The number of aromatic nitrogens is 3. The number of hydrogen-bond acceptors (Lipinski definition) is 6. The zero-order valence-electron chi connectivity index (χ0n) is 18.3. The van der Waals surface area contributed by atoms with Crippen molar-refractivity contribution in [2.24, 2.45) is 0 Å². The summed E-state index contributed by atoms with van der Waals surface area (Å²) in [5.41, 5.74) is 2.02. The summed E-state index contributed by atoms with van der Waals surface area (Å²) >= 11 is 0. The van der Waals surface area contributed by atoms with Crippen molar-refractivity contribution in [2.75, 3.05) is 13.1 Å². The number of carbonyl (C=O) groups excluding carboxylic acids is 1. The van der Waals surface area contributed by atoms with Gasteiger partial charge in [0.1, 0.15) is 0 Å². The summed E-state index contributed by atoms with van der Waals surface area (Å²) in [5, 5.41) is 10.9. The molecule has 1 saturated heterocycles. The van der Waals surface area contributed by atoms with Crippen LogP contribution in [0.25, 0.3) is 22.1 Å². The van der Waals surface area contributed by atoms with Crippen LogP contribution in [0, 0.1) is 10.1 Å². The van der Waals surface area contributed by atoms with Crippen molar-refractivity contribution in [1.82, 2.24) is 19.0 Å². The number of H-pyrrole nitrogens is 1. The Morgan fingerprint density at radius 3 is 2.65 bits per heavy atom. The van der Waals surface area contributed by atoms with Crippen LogP contribution >= 0.6 is 0 Å². The van der Waals surface area contributed by atoms with Crippen LogP contribution in [0.2, 0.25) is 0 Å². The maximum atomic E-state index is 12.7. The summed E-state index contributed by atoms with van der Waals surface area (Å²) in [6.07, 6.45) is 2.09. The normalized spacial score (nSPS) is 14.8. The molecule has 5 rings (SSSR count). The Morgan fingerprint density at radius 1 is 1.12 bits per heavy atom. The monoisotopic (exact) mass is 465 g/mol. The topological polar surface area (TPSA) is 136 Å². The largest absolute Gasteiger partial charge is 0.419 e. The number of nitro benzene ring substituents is 1. The molecule has 4 aromatic rings. The molecule has 1 fully saturated rings. The van der Waals surface area contributed by atoms with Crippen molar-refractivity contribution < 1.29 is 14.1 Å². The molecular weight excluding hydrogens is 442 g/mol. The van der Waals surface area contributed by atoms with E-state index in [4.69, 9.17) is 4.42 Å². The fourth-order valence-electron chi connectivity index (χ4n) is 4.74. The number of benzene rings is 2. The predicted octanol–water partition coefficient (Wildman–Crippen LogP) is 2.79. The van der Waals surface area contributed by atoms with Crippen molar-refractivity contribution in [3.63, 3.8) is 0 Å². The summed E-state index contributed by atoms with van der Waals surface area (Å²) < 4.78 is 8.31. The number of amides is 1. The number of nitrogens with zero attached hydrogens (tertiary/aromatic N) is 4. The highest BCUT2D eigenvalue weighted by atomic mass is 16.6. The molecule has 0 unspecified atom stereocenters. The van der Waals surface area contributed by atoms with Crippen LogP contribution in [-0.2, 0) is 11.3 Å². The van der Waals surface area contributed by atoms with E-state index in [0.717, 1.165) is 11.0 Å². The van der Waals surface area contributed by atoms with Gasteiger partial charge in [0.05, 0.1) is 27.5 Å². The molecule has 3 heterocycles. The summed E-state index contributed by atoms with van der Waals surface area (Å²) in [7, 11) is 0. The average Bonchev–Trinajstić information content (AvgIpc) is 3.33. The molecule has 0 atom stereocenters. The lowest BCUT2D eigenvalue weighted by Gasteiger charge is -2.32. The highest BCUT2D eigenvalue weighted by Crippen LogP contribution is 2.25. The highest BCUT2D eigenvalue weighted by molar-refractivity contribution is 5.77. The van der Waals surface area contributed by atoms with Gasteiger partial charge in [-0.1, -0.05) is 12.1 Å². The lowest BCUT2D eigenvalue weighted by Crippen LogP contribution is -2.40. The molecule has 34 heavy (non-hydrogen) atoms. The number of non-ortho nitro benzene ring substituents is 1. The van der Waals surface area contributed by atoms with Gasteiger partial charge in [-0.3, -0.25) is 24.0 Å². The Hall–Kier alpha value is -4.15. The minimum atomic E-state index is -0.604. The van der Waals surface area contributed by atoms with Gasteiger partial charge >= 0.3 is 11.4 Å². The van der Waals surface area contributed by atoms with E-state index in [-0.39, 0.29) is 41.9 Å². The van der Waals surface area contributed by atoms with Gasteiger partial charge < -0.3 is 14.3 Å². The van der Waals surface area contributed by atoms with Gasteiger partial charge in [0.15, 0.2) is 5.58 Å². The number of nitrogens with one attached hydrogen (secondary N) is 1. The number of hydrogen-bond donors (Lipinski definition) is 1. The van der Waals surface area contributed by atoms with E-state index in [2.05, 4.69) is 4.98 Å². The van der Waals surface area contributed by atoms with Crippen LogP contribution in [0.3, 0.4) is 0 Å². The maximum absolute atomic E-state index is 12.7. The second-order valence-corrected chi connectivity index (χ2v) is 8.46. The number of carbonyl (C=O) groups is 1. The zero-order valence-corrected chi connectivity index (χ0v) is 18.3. The fourth-order valence-corrected chi connectivity index (χ4v) is 4.74. The standard InChI is InChI=1S/C23H23N5O6/c29-21(6-3-11-26-19-8-7-16(28(32)33)14-20(19)34-23(26)31)25-12-9-15(10-13-25)27-18-5-2-1-4-17(18)24-22(27)30/h1-2,4-5,7-8,14-15H,3,6,9-13H2,(H,24,30). The Bertz CT molecular complexity index is 1500. The molecule has 0 saturated carbocycles. The Labute approximate surface area is 192 Å². The van der Waals surface area contributed by atoms with Crippen LogP contribution in [0.15, 0.2) is 56.5 Å². The lowest BCUT2D eigenvalue weighted by atomic mass is 10.0. The van der Waals surface area contributed by atoms with Gasteiger partial charge in [0.25, 0.3) is 5.69 Å². The maximum Gasteiger partial charge on any atom is 0.419 e. The first kappa shape index (κ1) is 21.7. The van der Waals surface area contributed by atoms with Gasteiger partial charge in [0, 0.05) is 38.2 Å². The molecule has 0 bridgehead atoms. The molecule has 176 valence electrons. The molecule has 0 aliphatic carbocycles. The number of rotatable bonds is 6. The fraction of sp³-hybridized carbons (Fsp3) is 0.348. The summed E-state index contributed by atoms with van der Waals surface area (Å²) in [4.78, 5) is 52.4. The number of imidazole rings is 1. The molecule has 1 aliphatic rings. The first-order valence-electron chi connectivity index (χ1n) is 11.2. The van der Waals surface area contributed by atoms with Crippen molar-refractivity contribution in [1.29, 1.82) is 0 Å². The van der Waals surface area contributed by atoms with Crippen LogP contribution in [-0.4, -0.2) is 42.9 Å². The molecule has 1 aliphatic heterocycles. The number of aryl methyl sites for hydroxylation is 1. The number of piperidine rings is 1. The van der Waals surface area contributed by atoms with E-state index in [9.17, 15) is 24.5 Å². The van der Waals surface area contributed by atoms with E-state index in [1.165, 1.54) is 22.8 Å². The predicted molar refractivity (Wildman–Crippen MR) is 124 cm³/mol. The quantitative estimate of drug-likeness (QED) is 0.343. The smallest absolute Gasteiger partial charge is 0.407 e. The van der Waals surface area contributed by atoms with E-state index in [0.29, 0.717) is 37.9 Å². The summed E-state index contributed by atoms with van der Waals surface area (Å²) in [6, 6.07) is 11.6. The number of fused-ring (bicyclic) bond motifs is 2. The third-order valence-electron chi connectivity index (χ3n) is 6.44. The molecular formula is C23H23N5O6. The number of likely N-dealkylation sites (tertiary alicyclic amines) is 1. The van der Waals surface area contributed by atoms with Gasteiger partial charge in [-0.2, -0.15) is 0 Å². The zero-order chi connectivity index (χ0) is 23.8. The van der Waals surface area contributed by atoms with Gasteiger partial charge in [-0.05, 0) is 37.5 Å². The Morgan fingerprint density at radius 2 is 1.88 bits per heavy atom. The van der Waals surface area contributed by atoms with Gasteiger partial charge in [0.2, 0.25) is 5.91 Å². The SMILES string of the molecule is O=C(CCCn1c(=O)oc2cc([N+](=O)[O-])ccc21)N1CCC(n2c(=O)[nH]c3ccccc32)CC1. The summed E-state index contributed by atoms with van der Waals surface area (Å²) in [5.74, 6) is -0.603. The molecule has 11 nitrogen and oxygen atoms in total.